The molecule has 0 unspecified atom stereocenters. The topological polar surface area (TPSA) is 112 Å². The van der Waals surface area contributed by atoms with E-state index in [1.807, 2.05) is 0 Å². The van der Waals surface area contributed by atoms with Crippen LogP contribution in [0.25, 0.3) is 17.0 Å². The van der Waals surface area contributed by atoms with Gasteiger partial charge < -0.3 is 15.6 Å². The molecule has 0 atom stereocenters. The van der Waals surface area contributed by atoms with Crippen LogP contribution in [0.1, 0.15) is 37.1 Å². The Labute approximate surface area is 196 Å². The maximum absolute atomic E-state index is 11.7. The van der Waals surface area contributed by atoms with Crippen molar-refractivity contribution in [2.45, 2.75) is 44.2 Å². The third-order valence-electron chi connectivity index (χ3n) is 6.07. The predicted molar refractivity (Wildman–Crippen MR) is 131 cm³/mol. The number of H-pyrrole nitrogens is 1. The van der Waals surface area contributed by atoms with Gasteiger partial charge in [-0.1, -0.05) is 18.2 Å². The van der Waals surface area contributed by atoms with Gasteiger partial charge in [-0.25, -0.2) is 9.97 Å². The summed E-state index contributed by atoms with van der Waals surface area (Å²) in [6, 6.07) is 13.2. The smallest absolute Gasteiger partial charge is 0.290 e. The summed E-state index contributed by atoms with van der Waals surface area (Å²) in [7, 11) is 0. The van der Waals surface area contributed by atoms with Gasteiger partial charge in [-0.3, -0.25) is 14.9 Å². The number of aromatic nitrogens is 3. The summed E-state index contributed by atoms with van der Waals surface area (Å²) in [6.07, 6.45) is 8.58. The first-order valence-electron chi connectivity index (χ1n) is 11.3. The molecule has 1 saturated carbocycles. The molecular formula is C24H26N6O2S. The van der Waals surface area contributed by atoms with Crippen molar-refractivity contribution < 1.29 is 9.59 Å². The standard InChI is InChI=1S/C24H26N6O2S/c31-22-21(33-24(32)30-22)14-19-10-12-26-23(29-19)28-17-7-5-16(6-8-17)25-11-9-18-13-15-3-1-2-4-20(15)27-18/h1-4,10,12-14,16-17,25,27H,5-9,11H2,(H,26,28,29)(H,30,31,32)/b21-14-/t16-,17-. The summed E-state index contributed by atoms with van der Waals surface area (Å²) >= 11 is 0.888. The van der Waals surface area contributed by atoms with E-state index in [1.165, 1.54) is 16.6 Å². The van der Waals surface area contributed by atoms with Crippen molar-refractivity contribution in [2.24, 2.45) is 0 Å². The normalized spacial score (nSPS) is 22.1. The molecule has 1 aromatic carbocycles. The van der Waals surface area contributed by atoms with Gasteiger partial charge in [0.05, 0.1) is 10.6 Å². The van der Waals surface area contributed by atoms with Gasteiger partial charge in [0.1, 0.15) is 0 Å². The van der Waals surface area contributed by atoms with Crippen LogP contribution in [-0.4, -0.2) is 44.7 Å². The molecule has 2 aliphatic rings. The summed E-state index contributed by atoms with van der Waals surface area (Å²) in [5.41, 5.74) is 3.07. The minimum Gasteiger partial charge on any atom is -0.358 e. The summed E-state index contributed by atoms with van der Waals surface area (Å²) in [5, 5.41) is 10.3. The number of rotatable bonds is 7. The van der Waals surface area contributed by atoms with Gasteiger partial charge in [-0.05, 0) is 73.5 Å². The third-order valence-corrected chi connectivity index (χ3v) is 6.88. The van der Waals surface area contributed by atoms with Gasteiger partial charge in [0.25, 0.3) is 11.1 Å². The van der Waals surface area contributed by atoms with E-state index in [0.29, 0.717) is 28.6 Å². The number of carbonyl (C=O) groups is 2. The van der Waals surface area contributed by atoms with Crippen LogP contribution >= 0.6 is 11.8 Å². The molecule has 5 rings (SSSR count). The van der Waals surface area contributed by atoms with Crippen LogP contribution in [0.2, 0.25) is 0 Å². The van der Waals surface area contributed by atoms with Crippen LogP contribution in [-0.2, 0) is 11.2 Å². The number of hydrogen-bond acceptors (Lipinski definition) is 7. The molecule has 0 radical (unpaired) electrons. The van der Waals surface area contributed by atoms with Gasteiger partial charge >= 0.3 is 0 Å². The fourth-order valence-corrected chi connectivity index (χ4v) is 5.05. The SMILES string of the molecule is O=C1NC(=O)/C(=C/c2ccnc(N[C@H]3CC[C@H](NCCc4cc5ccccc5[nH]4)CC3)n2)S1. The molecule has 4 N–H and O–H groups in total. The number of nitrogens with zero attached hydrogens (tertiary/aromatic N) is 2. The minimum atomic E-state index is -0.381. The van der Waals surface area contributed by atoms with E-state index in [0.717, 1.165) is 50.4 Å². The number of amides is 2. The second-order valence-electron chi connectivity index (χ2n) is 8.44. The lowest BCUT2D eigenvalue weighted by Gasteiger charge is -2.29. The highest BCUT2D eigenvalue weighted by Crippen LogP contribution is 2.26. The fourth-order valence-electron chi connectivity index (χ4n) is 4.38. The first-order chi connectivity index (χ1) is 16.1. The van der Waals surface area contributed by atoms with E-state index in [4.69, 9.17) is 0 Å². The van der Waals surface area contributed by atoms with E-state index in [9.17, 15) is 9.59 Å². The predicted octanol–water partition coefficient (Wildman–Crippen LogP) is 3.84. The Kier molecular flexibility index (Phi) is 6.41. The monoisotopic (exact) mass is 462 g/mol. The molecule has 3 aromatic rings. The minimum absolute atomic E-state index is 0.324. The molecule has 1 aliphatic carbocycles. The van der Waals surface area contributed by atoms with Crippen molar-refractivity contribution in [3.05, 3.63) is 58.9 Å². The molecule has 2 aromatic heterocycles. The number of para-hydroxylation sites is 1. The molecule has 33 heavy (non-hydrogen) atoms. The quantitative estimate of drug-likeness (QED) is 0.395. The first kappa shape index (κ1) is 21.7. The fraction of sp³-hybridized carbons (Fsp3) is 0.333. The molecule has 1 saturated heterocycles. The van der Waals surface area contributed by atoms with Crippen LogP contribution in [0.4, 0.5) is 10.7 Å². The number of hydrogen-bond donors (Lipinski definition) is 4. The molecule has 0 spiro atoms. The summed E-state index contributed by atoms with van der Waals surface area (Å²) < 4.78 is 0. The average molecular weight is 463 g/mol. The molecule has 3 heterocycles. The van der Waals surface area contributed by atoms with E-state index in [2.05, 4.69) is 61.2 Å². The number of carbonyl (C=O) groups excluding carboxylic acids is 2. The van der Waals surface area contributed by atoms with E-state index in [1.54, 1.807) is 18.3 Å². The molecule has 1 aliphatic heterocycles. The van der Waals surface area contributed by atoms with Crippen LogP contribution in [0.5, 0.6) is 0 Å². The summed E-state index contributed by atoms with van der Waals surface area (Å²) in [5.74, 6) is 0.169. The van der Waals surface area contributed by atoms with Crippen molar-refractivity contribution in [3.63, 3.8) is 0 Å². The average Bonchev–Trinajstić information content (AvgIpc) is 3.37. The number of benzene rings is 1. The second-order valence-corrected chi connectivity index (χ2v) is 9.45. The van der Waals surface area contributed by atoms with Gasteiger partial charge in [0, 0.05) is 36.0 Å². The molecule has 2 fully saturated rings. The molecule has 2 amide bonds. The lowest BCUT2D eigenvalue weighted by molar-refractivity contribution is -0.115. The van der Waals surface area contributed by atoms with E-state index < -0.39 is 0 Å². The maximum atomic E-state index is 11.7. The molecular weight excluding hydrogens is 436 g/mol. The second kappa shape index (κ2) is 9.76. The third kappa shape index (κ3) is 5.43. The number of nitrogens with one attached hydrogen (secondary N) is 4. The Hall–Kier alpha value is -3.17. The van der Waals surface area contributed by atoms with Crippen LogP contribution in [0, 0.1) is 0 Å². The van der Waals surface area contributed by atoms with E-state index >= 15 is 0 Å². The Bertz CT molecular complexity index is 1170. The highest BCUT2D eigenvalue weighted by atomic mass is 32.2. The largest absolute Gasteiger partial charge is 0.358 e. The number of aromatic amines is 1. The van der Waals surface area contributed by atoms with Gasteiger partial charge in [0.2, 0.25) is 5.95 Å². The van der Waals surface area contributed by atoms with Crippen LogP contribution in [0.15, 0.2) is 47.5 Å². The summed E-state index contributed by atoms with van der Waals surface area (Å²) in [6.45, 7) is 0.962. The Morgan fingerprint density at radius 1 is 1.09 bits per heavy atom. The molecule has 9 heteroatoms. The summed E-state index contributed by atoms with van der Waals surface area (Å²) in [4.78, 5) is 35.7. The Morgan fingerprint density at radius 3 is 2.70 bits per heavy atom. The zero-order valence-electron chi connectivity index (χ0n) is 18.1. The van der Waals surface area contributed by atoms with Crippen LogP contribution in [0.3, 0.4) is 0 Å². The first-order valence-corrected chi connectivity index (χ1v) is 12.1. The lowest BCUT2D eigenvalue weighted by Crippen LogP contribution is -2.38. The van der Waals surface area contributed by atoms with Crippen molar-refractivity contribution in [3.8, 4) is 0 Å². The van der Waals surface area contributed by atoms with Crippen molar-refractivity contribution >= 4 is 45.8 Å². The van der Waals surface area contributed by atoms with Crippen molar-refractivity contribution in [1.29, 1.82) is 0 Å². The van der Waals surface area contributed by atoms with Gasteiger partial charge in [-0.2, -0.15) is 0 Å². The lowest BCUT2D eigenvalue weighted by atomic mass is 9.91. The van der Waals surface area contributed by atoms with Crippen LogP contribution < -0.4 is 16.0 Å². The zero-order chi connectivity index (χ0) is 22.6. The highest BCUT2D eigenvalue weighted by Gasteiger charge is 2.25. The van der Waals surface area contributed by atoms with E-state index in [-0.39, 0.29) is 11.1 Å². The van der Waals surface area contributed by atoms with Crippen molar-refractivity contribution in [1.82, 2.24) is 25.6 Å². The number of imide groups is 1. The molecule has 8 nitrogen and oxygen atoms in total. The number of thioether (sulfide) groups is 1. The number of fused-ring (bicyclic) bond motifs is 1. The molecule has 0 bridgehead atoms. The maximum Gasteiger partial charge on any atom is 0.290 e. The Balaban J connectivity index is 1.08. The van der Waals surface area contributed by atoms with Gasteiger partial charge in [0.15, 0.2) is 0 Å². The molecule has 170 valence electrons. The van der Waals surface area contributed by atoms with Gasteiger partial charge in [-0.15, -0.1) is 0 Å². The Morgan fingerprint density at radius 2 is 1.91 bits per heavy atom. The van der Waals surface area contributed by atoms with Crippen molar-refractivity contribution in [2.75, 3.05) is 11.9 Å². The number of anilines is 1. The highest BCUT2D eigenvalue weighted by molar-refractivity contribution is 8.18. The zero-order valence-corrected chi connectivity index (χ0v) is 19.0.